The summed E-state index contributed by atoms with van der Waals surface area (Å²) in [6.07, 6.45) is 1.50. The van der Waals surface area contributed by atoms with Gasteiger partial charge in [-0.3, -0.25) is 9.10 Å². The molecule has 0 heterocycles. The Kier molecular flexibility index (Phi) is 7.48. The van der Waals surface area contributed by atoms with Crippen molar-refractivity contribution in [3.63, 3.8) is 0 Å². The predicted octanol–water partition coefficient (Wildman–Crippen LogP) is 4.72. The molecule has 0 saturated carbocycles. The molecule has 0 aliphatic carbocycles. The third-order valence-corrected chi connectivity index (χ3v) is 6.98. The van der Waals surface area contributed by atoms with Gasteiger partial charge in [-0.05, 0) is 73.9 Å². The Hall–Kier alpha value is -2.97. The highest BCUT2D eigenvalue weighted by Crippen LogP contribution is 2.26. The summed E-state index contributed by atoms with van der Waals surface area (Å²) in [6.45, 7) is 5.25. The molecule has 3 aromatic carbocycles. The van der Waals surface area contributed by atoms with Crippen molar-refractivity contribution in [1.82, 2.24) is 5.43 Å². The molecule has 0 atom stereocenters. The molecule has 1 N–H and O–H groups in total. The first-order chi connectivity index (χ1) is 15.1. The van der Waals surface area contributed by atoms with Gasteiger partial charge in [-0.1, -0.05) is 51.8 Å². The molecule has 0 aromatic heterocycles. The van der Waals surface area contributed by atoms with Gasteiger partial charge >= 0.3 is 0 Å². The van der Waals surface area contributed by atoms with Gasteiger partial charge in [-0.2, -0.15) is 5.10 Å². The molecule has 0 saturated heterocycles. The fraction of sp³-hybridized carbons (Fsp3) is 0.167. The number of anilines is 1. The molecule has 0 aliphatic rings. The smallest absolute Gasteiger partial charge is 0.264 e. The molecular formula is C24H24BrN3O3S. The summed E-state index contributed by atoms with van der Waals surface area (Å²) in [6, 6.07) is 19.4. The number of hydrogen-bond donors (Lipinski definition) is 1. The first-order valence-corrected chi connectivity index (χ1v) is 12.1. The van der Waals surface area contributed by atoms with Crippen LogP contribution in [0.2, 0.25) is 0 Å². The Morgan fingerprint density at radius 3 is 2.12 bits per heavy atom. The van der Waals surface area contributed by atoms with Crippen molar-refractivity contribution in [3.8, 4) is 0 Å². The van der Waals surface area contributed by atoms with E-state index in [1.165, 1.54) is 6.21 Å². The van der Waals surface area contributed by atoms with Crippen LogP contribution in [0.5, 0.6) is 0 Å². The van der Waals surface area contributed by atoms with Crippen molar-refractivity contribution >= 4 is 43.8 Å². The zero-order valence-corrected chi connectivity index (χ0v) is 20.4. The Morgan fingerprint density at radius 2 is 1.53 bits per heavy atom. The Bertz CT molecular complexity index is 1220. The van der Waals surface area contributed by atoms with Gasteiger partial charge in [-0.15, -0.1) is 0 Å². The van der Waals surface area contributed by atoms with E-state index in [9.17, 15) is 13.2 Å². The highest BCUT2D eigenvalue weighted by atomic mass is 79.9. The average molecular weight is 514 g/mol. The minimum atomic E-state index is -3.97. The van der Waals surface area contributed by atoms with Gasteiger partial charge in [0.25, 0.3) is 15.9 Å². The van der Waals surface area contributed by atoms with E-state index in [0.717, 1.165) is 31.0 Å². The van der Waals surface area contributed by atoms with Crippen LogP contribution < -0.4 is 9.73 Å². The standard InChI is InChI=1S/C24H24BrN3O3S/c1-17-4-10-23(11-5-17)32(30,31)28(22-13-18(2)12-19(3)14-22)16-24(29)27-26-15-20-6-8-21(25)9-7-20/h4-15H,16H2,1-3H3,(H,27,29)/b26-15-. The van der Waals surface area contributed by atoms with Crippen LogP contribution in [0.4, 0.5) is 5.69 Å². The van der Waals surface area contributed by atoms with Gasteiger partial charge < -0.3 is 0 Å². The molecular weight excluding hydrogens is 490 g/mol. The van der Waals surface area contributed by atoms with Crippen LogP contribution in [0.3, 0.4) is 0 Å². The van der Waals surface area contributed by atoms with E-state index in [1.807, 2.05) is 51.1 Å². The van der Waals surface area contributed by atoms with E-state index in [2.05, 4.69) is 26.5 Å². The maximum atomic E-state index is 13.4. The SMILES string of the molecule is Cc1ccc(S(=O)(=O)N(CC(=O)N/N=C\c2ccc(Br)cc2)c2cc(C)cc(C)c2)cc1. The molecule has 0 fully saturated rings. The van der Waals surface area contributed by atoms with E-state index in [0.29, 0.717) is 5.69 Å². The van der Waals surface area contributed by atoms with Gasteiger partial charge in [0.15, 0.2) is 0 Å². The summed E-state index contributed by atoms with van der Waals surface area (Å²) in [5, 5.41) is 3.96. The Morgan fingerprint density at radius 1 is 0.938 bits per heavy atom. The van der Waals surface area contributed by atoms with Crippen molar-refractivity contribution < 1.29 is 13.2 Å². The lowest BCUT2D eigenvalue weighted by atomic mass is 10.1. The zero-order valence-electron chi connectivity index (χ0n) is 18.0. The molecule has 8 heteroatoms. The quantitative estimate of drug-likeness (QED) is 0.366. The summed E-state index contributed by atoms with van der Waals surface area (Å²) in [5.41, 5.74) is 6.39. The number of sulfonamides is 1. The van der Waals surface area contributed by atoms with Crippen molar-refractivity contribution in [2.75, 3.05) is 10.8 Å². The third-order valence-electron chi connectivity index (χ3n) is 4.66. The van der Waals surface area contributed by atoms with Crippen molar-refractivity contribution in [2.45, 2.75) is 25.7 Å². The summed E-state index contributed by atoms with van der Waals surface area (Å²) >= 11 is 3.36. The normalized spacial score (nSPS) is 11.5. The lowest BCUT2D eigenvalue weighted by Gasteiger charge is -2.24. The molecule has 0 aliphatic heterocycles. The largest absolute Gasteiger partial charge is 0.271 e. The maximum Gasteiger partial charge on any atom is 0.264 e. The van der Waals surface area contributed by atoms with Crippen molar-refractivity contribution in [1.29, 1.82) is 0 Å². The molecule has 3 aromatic rings. The number of benzene rings is 3. The first kappa shape index (κ1) is 23.7. The minimum Gasteiger partial charge on any atom is -0.271 e. The van der Waals surface area contributed by atoms with Gasteiger partial charge in [0.1, 0.15) is 6.54 Å². The first-order valence-electron chi connectivity index (χ1n) is 9.90. The van der Waals surface area contributed by atoms with Crippen molar-refractivity contribution in [2.24, 2.45) is 5.10 Å². The highest BCUT2D eigenvalue weighted by molar-refractivity contribution is 9.10. The second-order valence-electron chi connectivity index (χ2n) is 7.52. The predicted molar refractivity (Wildman–Crippen MR) is 132 cm³/mol. The molecule has 0 unspecified atom stereocenters. The second kappa shape index (κ2) is 10.1. The van der Waals surface area contributed by atoms with Crippen LogP contribution in [-0.2, 0) is 14.8 Å². The number of nitrogens with one attached hydrogen (secondary N) is 1. The molecule has 166 valence electrons. The number of carbonyl (C=O) groups excluding carboxylic acids is 1. The highest BCUT2D eigenvalue weighted by Gasteiger charge is 2.27. The van der Waals surface area contributed by atoms with E-state index >= 15 is 0 Å². The van der Waals surface area contributed by atoms with Crippen LogP contribution in [0.25, 0.3) is 0 Å². The molecule has 0 bridgehead atoms. The summed E-state index contributed by atoms with van der Waals surface area (Å²) in [4.78, 5) is 12.8. The number of halogens is 1. The number of amides is 1. The molecule has 3 rings (SSSR count). The van der Waals surface area contributed by atoms with Crippen LogP contribution in [0.15, 0.2) is 81.2 Å². The third kappa shape index (κ3) is 6.05. The second-order valence-corrected chi connectivity index (χ2v) is 10.3. The van der Waals surface area contributed by atoms with Gasteiger partial charge in [0, 0.05) is 4.47 Å². The van der Waals surface area contributed by atoms with E-state index < -0.39 is 22.5 Å². The molecule has 1 amide bonds. The van der Waals surface area contributed by atoms with E-state index in [4.69, 9.17) is 0 Å². The Labute approximate surface area is 197 Å². The fourth-order valence-electron chi connectivity index (χ4n) is 3.14. The number of hydrogen-bond acceptors (Lipinski definition) is 4. The van der Waals surface area contributed by atoms with Crippen LogP contribution in [0.1, 0.15) is 22.3 Å². The van der Waals surface area contributed by atoms with Gasteiger partial charge in [0.2, 0.25) is 0 Å². The van der Waals surface area contributed by atoms with Gasteiger partial charge in [0.05, 0.1) is 16.8 Å². The molecule has 32 heavy (non-hydrogen) atoms. The lowest BCUT2D eigenvalue weighted by molar-refractivity contribution is -0.119. The molecule has 6 nitrogen and oxygen atoms in total. The minimum absolute atomic E-state index is 0.119. The van der Waals surface area contributed by atoms with E-state index in [1.54, 1.807) is 36.4 Å². The average Bonchev–Trinajstić information content (AvgIpc) is 2.73. The van der Waals surface area contributed by atoms with Crippen LogP contribution >= 0.6 is 15.9 Å². The van der Waals surface area contributed by atoms with E-state index in [-0.39, 0.29) is 4.90 Å². The monoisotopic (exact) mass is 513 g/mol. The van der Waals surface area contributed by atoms with Gasteiger partial charge in [-0.25, -0.2) is 13.8 Å². The number of hydrazone groups is 1. The number of carbonyl (C=O) groups is 1. The fourth-order valence-corrected chi connectivity index (χ4v) is 4.81. The number of nitrogens with zero attached hydrogens (tertiary/aromatic N) is 2. The number of aryl methyl sites for hydroxylation is 3. The number of rotatable bonds is 7. The zero-order chi connectivity index (χ0) is 23.3. The Balaban J connectivity index is 1.87. The summed E-state index contributed by atoms with van der Waals surface area (Å²) in [7, 11) is -3.97. The molecule has 0 spiro atoms. The summed E-state index contributed by atoms with van der Waals surface area (Å²) < 4.78 is 28.9. The van der Waals surface area contributed by atoms with Crippen molar-refractivity contribution in [3.05, 3.63) is 93.5 Å². The molecule has 0 radical (unpaired) electrons. The van der Waals surface area contributed by atoms with Crippen LogP contribution in [0, 0.1) is 20.8 Å². The summed E-state index contributed by atoms with van der Waals surface area (Å²) in [5.74, 6) is -0.548. The maximum absolute atomic E-state index is 13.4. The lowest BCUT2D eigenvalue weighted by Crippen LogP contribution is -2.39. The topological polar surface area (TPSA) is 78.8 Å². The van der Waals surface area contributed by atoms with Crippen LogP contribution in [-0.4, -0.2) is 27.1 Å².